The molecule has 0 aliphatic carbocycles. The average molecular weight is 228 g/mol. The molecule has 2 nitrogen and oxygen atoms in total. The molecule has 0 spiro atoms. The molecule has 2 aromatic carbocycles. The Balaban J connectivity index is 2.33. The Bertz CT molecular complexity index is 518. The third-order valence-electron chi connectivity index (χ3n) is 2.60. The lowest BCUT2D eigenvalue weighted by Crippen LogP contribution is -1.92. The van der Waals surface area contributed by atoms with E-state index in [-0.39, 0.29) is 0 Å². The number of para-hydroxylation sites is 1. The molecule has 2 heteroatoms. The fraction of sp³-hybridized carbons (Fsp3) is 0.200. The molecule has 0 amide bonds. The molecule has 2 aromatic rings. The van der Waals surface area contributed by atoms with Crippen molar-refractivity contribution in [3.63, 3.8) is 0 Å². The first-order valence-electron chi connectivity index (χ1n) is 5.59. The quantitative estimate of drug-likeness (QED) is 0.787. The summed E-state index contributed by atoms with van der Waals surface area (Å²) in [7, 11) is 1.66. The first kappa shape index (κ1) is 11.5. The van der Waals surface area contributed by atoms with Gasteiger partial charge in [-0.3, -0.25) is 0 Å². The fourth-order valence-electron chi connectivity index (χ4n) is 1.77. The highest BCUT2D eigenvalue weighted by Gasteiger charge is 2.07. The van der Waals surface area contributed by atoms with Crippen molar-refractivity contribution in [1.29, 1.82) is 0 Å². The summed E-state index contributed by atoms with van der Waals surface area (Å²) >= 11 is 0. The number of rotatable bonds is 3. The summed E-state index contributed by atoms with van der Waals surface area (Å²) in [6.45, 7) is 4.04. The van der Waals surface area contributed by atoms with E-state index >= 15 is 0 Å². The zero-order valence-electron chi connectivity index (χ0n) is 10.4. The van der Waals surface area contributed by atoms with E-state index in [4.69, 9.17) is 9.47 Å². The number of hydrogen-bond acceptors (Lipinski definition) is 2. The Morgan fingerprint density at radius 1 is 0.941 bits per heavy atom. The van der Waals surface area contributed by atoms with Gasteiger partial charge in [0, 0.05) is 0 Å². The second-order valence-electron chi connectivity index (χ2n) is 4.02. The van der Waals surface area contributed by atoms with Gasteiger partial charge in [0.25, 0.3) is 0 Å². The predicted octanol–water partition coefficient (Wildman–Crippen LogP) is 4.10. The van der Waals surface area contributed by atoms with Gasteiger partial charge in [0.2, 0.25) is 0 Å². The third kappa shape index (κ3) is 2.59. The molecule has 0 aliphatic rings. The van der Waals surface area contributed by atoms with Crippen LogP contribution < -0.4 is 9.47 Å². The van der Waals surface area contributed by atoms with E-state index in [0.29, 0.717) is 0 Å². The molecule has 0 atom stereocenters. The minimum Gasteiger partial charge on any atom is -0.493 e. The molecule has 0 saturated heterocycles. The number of aryl methyl sites for hydroxylation is 2. The van der Waals surface area contributed by atoms with Crippen LogP contribution in [0.25, 0.3) is 0 Å². The summed E-state index contributed by atoms with van der Waals surface area (Å²) in [6, 6.07) is 13.8. The monoisotopic (exact) mass is 228 g/mol. The van der Waals surface area contributed by atoms with Crippen LogP contribution in [0, 0.1) is 13.8 Å². The first-order valence-corrected chi connectivity index (χ1v) is 5.59. The van der Waals surface area contributed by atoms with Crippen molar-refractivity contribution in [3.05, 3.63) is 53.6 Å². The van der Waals surface area contributed by atoms with Crippen molar-refractivity contribution in [2.24, 2.45) is 0 Å². The van der Waals surface area contributed by atoms with Crippen LogP contribution in [0.2, 0.25) is 0 Å². The van der Waals surface area contributed by atoms with Gasteiger partial charge in [0.05, 0.1) is 7.11 Å². The molecule has 0 fully saturated rings. The standard InChI is InChI=1S/C15H16O2/c1-11-6-4-8-13(10-11)17-14-9-5-7-12(2)15(14)16-3/h4-10H,1-3H3. The summed E-state index contributed by atoms with van der Waals surface area (Å²) in [5.41, 5.74) is 2.24. The maximum absolute atomic E-state index is 5.84. The van der Waals surface area contributed by atoms with E-state index in [9.17, 15) is 0 Å². The largest absolute Gasteiger partial charge is 0.493 e. The van der Waals surface area contributed by atoms with Crippen molar-refractivity contribution in [3.8, 4) is 17.2 Å². The van der Waals surface area contributed by atoms with Gasteiger partial charge in [-0.05, 0) is 43.2 Å². The van der Waals surface area contributed by atoms with Crippen LogP contribution in [0.3, 0.4) is 0 Å². The summed E-state index contributed by atoms with van der Waals surface area (Å²) in [5.74, 6) is 2.36. The van der Waals surface area contributed by atoms with Crippen LogP contribution in [0.1, 0.15) is 11.1 Å². The van der Waals surface area contributed by atoms with Gasteiger partial charge in [-0.25, -0.2) is 0 Å². The number of methoxy groups -OCH3 is 1. The maximum Gasteiger partial charge on any atom is 0.169 e. The van der Waals surface area contributed by atoms with Crippen molar-refractivity contribution >= 4 is 0 Å². The average Bonchev–Trinajstić information content (AvgIpc) is 2.29. The second-order valence-corrected chi connectivity index (χ2v) is 4.02. The fourth-order valence-corrected chi connectivity index (χ4v) is 1.77. The molecule has 0 saturated carbocycles. The van der Waals surface area contributed by atoms with E-state index in [2.05, 4.69) is 0 Å². The van der Waals surface area contributed by atoms with Crippen molar-refractivity contribution < 1.29 is 9.47 Å². The Labute approximate surface area is 102 Å². The third-order valence-corrected chi connectivity index (χ3v) is 2.60. The smallest absolute Gasteiger partial charge is 0.169 e. The molecular weight excluding hydrogens is 212 g/mol. The highest BCUT2D eigenvalue weighted by molar-refractivity contribution is 5.48. The van der Waals surface area contributed by atoms with Crippen molar-refractivity contribution in [1.82, 2.24) is 0 Å². The molecule has 88 valence electrons. The lowest BCUT2D eigenvalue weighted by Gasteiger charge is -2.12. The van der Waals surface area contributed by atoms with Crippen molar-refractivity contribution in [2.75, 3.05) is 7.11 Å². The summed E-state index contributed by atoms with van der Waals surface area (Å²) in [4.78, 5) is 0. The Morgan fingerprint density at radius 3 is 2.41 bits per heavy atom. The van der Waals surface area contributed by atoms with E-state index in [1.54, 1.807) is 7.11 Å². The van der Waals surface area contributed by atoms with E-state index in [0.717, 1.165) is 22.8 Å². The highest BCUT2D eigenvalue weighted by Crippen LogP contribution is 2.34. The minimum absolute atomic E-state index is 0.748. The van der Waals surface area contributed by atoms with Crippen LogP contribution in [0.15, 0.2) is 42.5 Å². The Morgan fingerprint density at radius 2 is 1.71 bits per heavy atom. The van der Waals surface area contributed by atoms with Gasteiger partial charge in [0.15, 0.2) is 11.5 Å². The van der Waals surface area contributed by atoms with Crippen LogP contribution >= 0.6 is 0 Å². The number of benzene rings is 2. The predicted molar refractivity (Wildman–Crippen MR) is 69.0 cm³/mol. The van der Waals surface area contributed by atoms with Gasteiger partial charge < -0.3 is 9.47 Å². The van der Waals surface area contributed by atoms with E-state index < -0.39 is 0 Å². The van der Waals surface area contributed by atoms with Crippen LogP contribution in [0.5, 0.6) is 17.2 Å². The highest BCUT2D eigenvalue weighted by atomic mass is 16.5. The molecule has 0 unspecified atom stereocenters. The van der Waals surface area contributed by atoms with Crippen LogP contribution in [0.4, 0.5) is 0 Å². The first-order chi connectivity index (χ1) is 8.20. The maximum atomic E-state index is 5.84. The Kier molecular flexibility index (Phi) is 3.33. The van der Waals surface area contributed by atoms with Gasteiger partial charge in [-0.1, -0.05) is 24.3 Å². The molecule has 0 radical (unpaired) electrons. The second kappa shape index (κ2) is 4.91. The van der Waals surface area contributed by atoms with Crippen molar-refractivity contribution in [2.45, 2.75) is 13.8 Å². The molecular formula is C15H16O2. The Hall–Kier alpha value is -1.96. The molecule has 0 bridgehead atoms. The van der Waals surface area contributed by atoms with Crippen LogP contribution in [-0.2, 0) is 0 Å². The summed E-state index contributed by atoms with van der Waals surface area (Å²) in [6.07, 6.45) is 0. The van der Waals surface area contributed by atoms with Gasteiger partial charge in [-0.15, -0.1) is 0 Å². The SMILES string of the molecule is COc1c(C)cccc1Oc1cccc(C)c1. The van der Waals surface area contributed by atoms with Gasteiger partial charge in [0.1, 0.15) is 5.75 Å². The lowest BCUT2D eigenvalue weighted by atomic mass is 10.2. The van der Waals surface area contributed by atoms with Gasteiger partial charge >= 0.3 is 0 Å². The molecule has 0 aliphatic heterocycles. The van der Waals surface area contributed by atoms with Gasteiger partial charge in [-0.2, -0.15) is 0 Å². The molecule has 17 heavy (non-hydrogen) atoms. The normalized spacial score (nSPS) is 10.1. The van der Waals surface area contributed by atoms with E-state index in [1.807, 2.05) is 56.3 Å². The lowest BCUT2D eigenvalue weighted by molar-refractivity contribution is 0.376. The molecule has 2 rings (SSSR count). The number of ether oxygens (including phenoxy) is 2. The van der Waals surface area contributed by atoms with Crippen LogP contribution in [-0.4, -0.2) is 7.11 Å². The zero-order chi connectivity index (χ0) is 12.3. The molecule has 0 aromatic heterocycles. The summed E-state index contributed by atoms with van der Waals surface area (Å²) < 4.78 is 11.2. The summed E-state index contributed by atoms with van der Waals surface area (Å²) in [5, 5.41) is 0. The van der Waals surface area contributed by atoms with E-state index in [1.165, 1.54) is 5.56 Å². The topological polar surface area (TPSA) is 18.5 Å². The molecule has 0 heterocycles. The number of hydrogen-bond donors (Lipinski definition) is 0. The zero-order valence-corrected chi connectivity index (χ0v) is 10.4. The molecule has 0 N–H and O–H groups in total. The minimum atomic E-state index is 0.748.